The van der Waals surface area contributed by atoms with E-state index in [1.807, 2.05) is 0 Å². The predicted molar refractivity (Wildman–Crippen MR) is 76.2 cm³/mol. The van der Waals surface area contributed by atoms with Crippen molar-refractivity contribution in [1.82, 2.24) is 19.9 Å². The zero-order valence-corrected chi connectivity index (χ0v) is 11.7. The summed E-state index contributed by atoms with van der Waals surface area (Å²) >= 11 is 0. The van der Waals surface area contributed by atoms with E-state index in [-0.39, 0.29) is 17.6 Å². The highest BCUT2D eigenvalue weighted by Gasteiger charge is 2.25. The molecule has 7 nitrogen and oxygen atoms in total. The standard InChI is InChI=1S/C14H15FN4O3/c15-8-5-11-13(16-6-8)17-7-12(20)19(11)10-3-1-9(2-4-10)18-14(21)22/h5-7,9-10,18H,1-4H2,(H,21,22). The van der Waals surface area contributed by atoms with Crippen molar-refractivity contribution >= 4 is 17.3 Å². The summed E-state index contributed by atoms with van der Waals surface area (Å²) < 4.78 is 15.0. The first kappa shape index (κ1) is 14.4. The van der Waals surface area contributed by atoms with Crippen LogP contribution in [0.5, 0.6) is 0 Å². The molecule has 1 amide bonds. The van der Waals surface area contributed by atoms with E-state index in [1.165, 1.54) is 16.8 Å². The number of aromatic nitrogens is 3. The maximum atomic E-state index is 13.4. The van der Waals surface area contributed by atoms with Crippen LogP contribution >= 0.6 is 0 Å². The maximum Gasteiger partial charge on any atom is 0.404 e. The Bertz CT molecular complexity index is 768. The second kappa shape index (κ2) is 5.70. The van der Waals surface area contributed by atoms with Crippen molar-refractivity contribution in [1.29, 1.82) is 0 Å². The maximum absolute atomic E-state index is 13.4. The van der Waals surface area contributed by atoms with Crippen molar-refractivity contribution in [2.75, 3.05) is 0 Å². The Morgan fingerprint density at radius 1 is 1.27 bits per heavy atom. The van der Waals surface area contributed by atoms with E-state index < -0.39 is 11.9 Å². The van der Waals surface area contributed by atoms with Gasteiger partial charge in [-0.3, -0.25) is 4.79 Å². The van der Waals surface area contributed by atoms with Crippen molar-refractivity contribution in [2.45, 2.75) is 37.8 Å². The van der Waals surface area contributed by atoms with Gasteiger partial charge in [0.05, 0.1) is 17.9 Å². The lowest BCUT2D eigenvalue weighted by atomic mass is 9.91. The molecule has 0 unspecified atom stereocenters. The van der Waals surface area contributed by atoms with Crippen molar-refractivity contribution in [2.24, 2.45) is 0 Å². The number of fused-ring (bicyclic) bond motifs is 1. The van der Waals surface area contributed by atoms with Gasteiger partial charge in [-0.15, -0.1) is 0 Å². The second-order valence-electron chi connectivity index (χ2n) is 5.42. The van der Waals surface area contributed by atoms with Crippen molar-refractivity contribution in [3.8, 4) is 0 Å². The topological polar surface area (TPSA) is 97.1 Å². The number of halogens is 1. The summed E-state index contributed by atoms with van der Waals surface area (Å²) in [4.78, 5) is 30.6. The highest BCUT2D eigenvalue weighted by molar-refractivity contribution is 5.69. The van der Waals surface area contributed by atoms with Gasteiger partial charge in [-0.1, -0.05) is 0 Å². The van der Waals surface area contributed by atoms with Gasteiger partial charge in [0.1, 0.15) is 5.82 Å². The molecule has 22 heavy (non-hydrogen) atoms. The molecule has 3 rings (SSSR count). The minimum Gasteiger partial charge on any atom is -0.465 e. The minimum atomic E-state index is -1.04. The lowest BCUT2D eigenvalue weighted by molar-refractivity contribution is 0.182. The molecule has 0 aromatic carbocycles. The fourth-order valence-electron chi connectivity index (χ4n) is 3.03. The van der Waals surface area contributed by atoms with Crippen LogP contribution in [-0.4, -0.2) is 31.8 Å². The van der Waals surface area contributed by atoms with Gasteiger partial charge in [-0.2, -0.15) is 0 Å². The van der Waals surface area contributed by atoms with Crippen LogP contribution in [0.4, 0.5) is 9.18 Å². The van der Waals surface area contributed by atoms with E-state index in [0.29, 0.717) is 36.8 Å². The second-order valence-corrected chi connectivity index (χ2v) is 5.42. The van der Waals surface area contributed by atoms with Crippen LogP contribution in [0.15, 0.2) is 23.3 Å². The van der Waals surface area contributed by atoms with E-state index in [2.05, 4.69) is 15.3 Å². The monoisotopic (exact) mass is 306 g/mol. The van der Waals surface area contributed by atoms with Crippen molar-refractivity contribution < 1.29 is 14.3 Å². The van der Waals surface area contributed by atoms with Gasteiger partial charge in [-0.25, -0.2) is 19.2 Å². The number of carbonyl (C=O) groups is 1. The molecule has 2 aromatic rings. The third kappa shape index (κ3) is 2.76. The van der Waals surface area contributed by atoms with Gasteiger partial charge in [0.25, 0.3) is 5.56 Å². The molecule has 1 aliphatic carbocycles. The van der Waals surface area contributed by atoms with Crippen LogP contribution < -0.4 is 10.9 Å². The summed E-state index contributed by atoms with van der Waals surface area (Å²) in [6.07, 6.45) is 3.76. The van der Waals surface area contributed by atoms with Gasteiger partial charge in [-0.05, 0) is 25.7 Å². The van der Waals surface area contributed by atoms with Gasteiger partial charge in [0, 0.05) is 18.2 Å². The molecule has 0 saturated heterocycles. The first-order valence-electron chi connectivity index (χ1n) is 7.07. The zero-order chi connectivity index (χ0) is 15.7. The largest absolute Gasteiger partial charge is 0.465 e. The molecular weight excluding hydrogens is 291 g/mol. The summed E-state index contributed by atoms with van der Waals surface area (Å²) in [6, 6.07) is 1.05. The number of nitrogens with zero attached hydrogens (tertiary/aromatic N) is 3. The van der Waals surface area contributed by atoms with E-state index in [0.717, 1.165) is 6.20 Å². The number of pyridine rings is 1. The zero-order valence-electron chi connectivity index (χ0n) is 11.7. The molecule has 0 aliphatic heterocycles. The summed E-state index contributed by atoms with van der Waals surface area (Å²) in [5, 5.41) is 11.2. The molecule has 0 radical (unpaired) electrons. The Kier molecular flexibility index (Phi) is 3.74. The number of rotatable bonds is 2. The minimum absolute atomic E-state index is 0.103. The number of nitrogens with one attached hydrogen (secondary N) is 1. The first-order chi connectivity index (χ1) is 10.5. The Balaban J connectivity index is 1.91. The number of carboxylic acid groups (broad SMARTS) is 1. The van der Waals surface area contributed by atoms with Crippen molar-refractivity contribution in [3.05, 3.63) is 34.6 Å². The molecule has 0 atom stereocenters. The fraction of sp³-hybridized carbons (Fsp3) is 0.429. The average Bonchev–Trinajstić information content (AvgIpc) is 2.48. The van der Waals surface area contributed by atoms with Crippen LogP contribution in [-0.2, 0) is 0 Å². The fourth-order valence-corrected chi connectivity index (χ4v) is 3.03. The number of amides is 1. The third-order valence-electron chi connectivity index (χ3n) is 4.00. The molecule has 1 aliphatic rings. The summed E-state index contributed by atoms with van der Waals surface area (Å²) in [5.74, 6) is -0.519. The highest BCUT2D eigenvalue weighted by Crippen LogP contribution is 2.29. The number of hydrogen-bond acceptors (Lipinski definition) is 4. The lowest BCUT2D eigenvalue weighted by Crippen LogP contribution is -2.38. The van der Waals surface area contributed by atoms with Gasteiger partial charge in [0.2, 0.25) is 0 Å². The molecule has 0 spiro atoms. The predicted octanol–water partition coefficient (Wildman–Crippen LogP) is 1.68. The molecular formula is C14H15FN4O3. The van der Waals surface area contributed by atoms with Gasteiger partial charge < -0.3 is 15.0 Å². The van der Waals surface area contributed by atoms with E-state index in [1.54, 1.807) is 0 Å². The summed E-state index contributed by atoms with van der Waals surface area (Å²) in [7, 11) is 0. The first-order valence-corrected chi connectivity index (χ1v) is 7.07. The van der Waals surface area contributed by atoms with Crippen LogP contribution in [0, 0.1) is 5.82 Å². The normalized spacial score (nSPS) is 21.7. The van der Waals surface area contributed by atoms with Crippen LogP contribution in [0.3, 0.4) is 0 Å². The Labute approximate surface area is 124 Å². The van der Waals surface area contributed by atoms with E-state index in [4.69, 9.17) is 5.11 Å². The SMILES string of the molecule is O=C(O)NC1CCC(n2c(=O)cnc3ncc(F)cc32)CC1. The van der Waals surface area contributed by atoms with E-state index in [9.17, 15) is 14.0 Å². The average molecular weight is 306 g/mol. The molecule has 1 saturated carbocycles. The molecule has 2 N–H and O–H groups in total. The Morgan fingerprint density at radius 2 is 1.95 bits per heavy atom. The van der Waals surface area contributed by atoms with Crippen LogP contribution in [0.25, 0.3) is 11.2 Å². The number of hydrogen-bond donors (Lipinski definition) is 2. The quantitative estimate of drug-likeness (QED) is 0.880. The Hall–Kier alpha value is -2.51. The molecule has 2 heterocycles. The highest BCUT2D eigenvalue weighted by atomic mass is 19.1. The lowest BCUT2D eigenvalue weighted by Gasteiger charge is -2.30. The van der Waals surface area contributed by atoms with E-state index >= 15 is 0 Å². The smallest absolute Gasteiger partial charge is 0.404 e. The molecule has 8 heteroatoms. The molecule has 2 aromatic heterocycles. The van der Waals surface area contributed by atoms with Gasteiger partial charge >= 0.3 is 6.09 Å². The Morgan fingerprint density at radius 3 is 2.64 bits per heavy atom. The van der Waals surface area contributed by atoms with Crippen molar-refractivity contribution in [3.63, 3.8) is 0 Å². The van der Waals surface area contributed by atoms with Gasteiger partial charge in [0.15, 0.2) is 5.65 Å². The molecule has 0 bridgehead atoms. The molecule has 1 fully saturated rings. The third-order valence-corrected chi connectivity index (χ3v) is 4.00. The molecule has 116 valence electrons. The summed E-state index contributed by atoms with van der Waals surface area (Å²) in [6.45, 7) is 0. The van der Waals surface area contributed by atoms with Crippen LogP contribution in [0.1, 0.15) is 31.7 Å². The summed E-state index contributed by atoms with van der Waals surface area (Å²) in [5.41, 5.74) is 0.406. The van der Waals surface area contributed by atoms with Crippen LogP contribution in [0.2, 0.25) is 0 Å².